The van der Waals surface area contributed by atoms with Crippen LogP contribution in [0.2, 0.25) is 0 Å². The first-order valence-electron chi connectivity index (χ1n) is 14.5. The molecule has 8 nitrogen and oxygen atoms in total. The van der Waals surface area contributed by atoms with Crippen molar-refractivity contribution in [2.75, 3.05) is 26.2 Å². The molecule has 2 aromatic heterocycles. The number of hydrogen-bond donors (Lipinski definition) is 0. The van der Waals surface area contributed by atoms with Crippen molar-refractivity contribution in [3.63, 3.8) is 0 Å². The van der Waals surface area contributed by atoms with Gasteiger partial charge in [-0.3, -0.25) is 14.3 Å². The fourth-order valence-electron chi connectivity index (χ4n) is 6.38. The lowest BCUT2D eigenvalue weighted by molar-refractivity contribution is -0.132. The number of fused-ring (bicyclic) bond motifs is 2. The van der Waals surface area contributed by atoms with E-state index in [4.69, 9.17) is 9.84 Å². The Hall–Kier alpha value is -3.43. The number of ether oxygens (including phenoxy) is 1. The number of carbonyl (C=O) groups is 2. The predicted molar refractivity (Wildman–Crippen MR) is 163 cm³/mol. The Morgan fingerprint density at radius 1 is 1.00 bits per heavy atom. The number of halogens is 1. The van der Waals surface area contributed by atoms with E-state index in [0.29, 0.717) is 18.5 Å². The second kappa shape index (κ2) is 11.8. The summed E-state index contributed by atoms with van der Waals surface area (Å²) in [6.45, 7) is 8.35. The molecule has 0 spiro atoms. The van der Waals surface area contributed by atoms with Crippen LogP contribution in [-0.4, -0.2) is 62.2 Å². The summed E-state index contributed by atoms with van der Waals surface area (Å²) in [4.78, 5) is 28.4. The number of nitrogens with zero attached hydrogens (tertiary/aromatic N) is 5. The van der Waals surface area contributed by atoms with Gasteiger partial charge in [-0.1, -0.05) is 46.3 Å². The molecule has 214 valence electrons. The van der Waals surface area contributed by atoms with Gasteiger partial charge in [0, 0.05) is 91.8 Å². The summed E-state index contributed by atoms with van der Waals surface area (Å²) in [5, 5.41) is 6.18. The second-order valence-corrected chi connectivity index (χ2v) is 12.0. The van der Waals surface area contributed by atoms with Gasteiger partial charge >= 0.3 is 5.97 Å². The number of likely N-dealkylation sites (tertiary alicyclic amines) is 1. The molecule has 1 fully saturated rings. The Kier molecular flexibility index (Phi) is 7.99. The molecule has 0 saturated carbocycles. The van der Waals surface area contributed by atoms with Gasteiger partial charge in [-0.15, -0.1) is 0 Å². The van der Waals surface area contributed by atoms with Crippen molar-refractivity contribution < 1.29 is 14.3 Å². The molecule has 1 amide bonds. The van der Waals surface area contributed by atoms with Gasteiger partial charge in [0.2, 0.25) is 11.8 Å². The van der Waals surface area contributed by atoms with Crippen LogP contribution < -0.4 is 4.74 Å². The molecule has 0 aliphatic carbocycles. The van der Waals surface area contributed by atoms with E-state index in [2.05, 4.69) is 54.3 Å². The lowest BCUT2D eigenvalue weighted by Gasteiger charge is -2.33. The van der Waals surface area contributed by atoms with Crippen molar-refractivity contribution in [3.05, 3.63) is 70.3 Å². The number of carbonyl (C=O) groups excluding carboxylic acids is 2. The highest BCUT2D eigenvalue weighted by atomic mass is 79.9. The summed E-state index contributed by atoms with van der Waals surface area (Å²) in [5.74, 6) is 0.469. The molecule has 2 aliphatic rings. The maximum absolute atomic E-state index is 12.1. The van der Waals surface area contributed by atoms with Crippen LogP contribution in [0.3, 0.4) is 0 Å². The van der Waals surface area contributed by atoms with E-state index in [0.717, 1.165) is 85.0 Å². The van der Waals surface area contributed by atoms with Crippen molar-refractivity contribution >= 4 is 38.7 Å². The Morgan fingerprint density at radius 3 is 2.49 bits per heavy atom. The van der Waals surface area contributed by atoms with Crippen molar-refractivity contribution in [2.45, 2.75) is 58.7 Å². The van der Waals surface area contributed by atoms with Crippen LogP contribution in [0.5, 0.6) is 5.88 Å². The highest BCUT2D eigenvalue weighted by Crippen LogP contribution is 2.35. The van der Waals surface area contributed by atoms with Crippen molar-refractivity contribution in [1.29, 1.82) is 0 Å². The third kappa shape index (κ3) is 5.83. The smallest absolute Gasteiger partial charge is 0.309 e. The number of rotatable bonds is 7. The lowest BCUT2D eigenvalue weighted by Crippen LogP contribution is -2.36. The standard InChI is InChI=1S/C32H36BrN5O3/c1-22(39)36-19-14-30-28(21-36)32(24-8-10-26(33)11-9-24)34-37(30)16-5-15-35-17-12-27(13-18-35)38-29-7-4-3-6-25(29)20-31(38)41-23(2)40/h3-4,6-11,20,27H,5,12-19,21H2,1-2H3. The summed E-state index contributed by atoms with van der Waals surface area (Å²) in [5.41, 5.74) is 5.63. The fourth-order valence-corrected chi connectivity index (χ4v) is 6.65. The molecule has 6 rings (SSSR count). The molecule has 0 atom stereocenters. The Labute approximate surface area is 249 Å². The molecule has 4 aromatic rings. The van der Waals surface area contributed by atoms with Gasteiger partial charge in [0.25, 0.3) is 0 Å². The molecular weight excluding hydrogens is 582 g/mol. The summed E-state index contributed by atoms with van der Waals surface area (Å²) >= 11 is 3.53. The van der Waals surface area contributed by atoms with Gasteiger partial charge in [-0.05, 0) is 44.0 Å². The molecule has 1 saturated heterocycles. The van der Waals surface area contributed by atoms with Crippen LogP contribution in [0.15, 0.2) is 59.1 Å². The minimum Gasteiger partial charge on any atom is -0.409 e. The van der Waals surface area contributed by atoms with Gasteiger partial charge in [-0.25, -0.2) is 0 Å². The molecular formula is C32H36BrN5O3. The monoisotopic (exact) mass is 617 g/mol. The zero-order valence-electron chi connectivity index (χ0n) is 23.7. The largest absolute Gasteiger partial charge is 0.409 e. The average Bonchev–Trinajstić information content (AvgIpc) is 3.51. The van der Waals surface area contributed by atoms with E-state index < -0.39 is 0 Å². The summed E-state index contributed by atoms with van der Waals surface area (Å²) in [6, 6.07) is 18.8. The van der Waals surface area contributed by atoms with Crippen LogP contribution in [0.1, 0.15) is 50.4 Å². The number of piperidine rings is 1. The molecule has 41 heavy (non-hydrogen) atoms. The van der Waals surface area contributed by atoms with Crippen LogP contribution in [-0.2, 0) is 29.1 Å². The number of esters is 1. The minimum absolute atomic E-state index is 0.112. The Morgan fingerprint density at radius 2 is 1.76 bits per heavy atom. The van der Waals surface area contributed by atoms with Crippen molar-refractivity contribution in [2.24, 2.45) is 0 Å². The second-order valence-electron chi connectivity index (χ2n) is 11.1. The first-order valence-corrected chi connectivity index (χ1v) is 15.3. The first-order chi connectivity index (χ1) is 19.9. The van der Waals surface area contributed by atoms with Crippen molar-refractivity contribution in [3.8, 4) is 17.1 Å². The van der Waals surface area contributed by atoms with Gasteiger partial charge in [-0.2, -0.15) is 5.10 Å². The maximum atomic E-state index is 12.1. The van der Waals surface area contributed by atoms with E-state index in [1.54, 1.807) is 6.92 Å². The Bertz CT molecular complexity index is 1570. The normalized spacial score (nSPS) is 16.2. The SMILES string of the molecule is CC(=O)Oc1cc2ccccc2n1C1CCN(CCCn2nc(-c3ccc(Br)cc3)c3c2CCN(C(C)=O)C3)CC1. The molecule has 9 heteroatoms. The van der Waals surface area contributed by atoms with Gasteiger partial charge in [0.05, 0.1) is 11.2 Å². The number of aromatic nitrogens is 3. The lowest BCUT2D eigenvalue weighted by atomic mass is 10.0. The van der Waals surface area contributed by atoms with Gasteiger partial charge in [0.15, 0.2) is 0 Å². The molecule has 0 N–H and O–H groups in total. The summed E-state index contributed by atoms with van der Waals surface area (Å²) in [7, 11) is 0. The highest BCUT2D eigenvalue weighted by Gasteiger charge is 2.28. The molecule has 2 aliphatic heterocycles. The number of amides is 1. The van der Waals surface area contributed by atoms with E-state index in [9.17, 15) is 9.59 Å². The maximum Gasteiger partial charge on any atom is 0.309 e. The predicted octanol–water partition coefficient (Wildman–Crippen LogP) is 5.82. The van der Waals surface area contributed by atoms with Crippen molar-refractivity contribution in [1.82, 2.24) is 24.1 Å². The third-order valence-electron chi connectivity index (χ3n) is 8.42. The fraction of sp³-hybridized carbons (Fsp3) is 0.406. The zero-order chi connectivity index (χ0) is 28.5. The average molecular weight is 619 g/mol. The van der Waals surface area contributed by atoms with Crippen LogP contribution in [0.25, 0.3) is 22.2 Å². The molecule has 0 radical (unpaired) electrons. The van der Waals surface area contributed by atoms with Crippen LogP contribution in [0.4, 0.5) is 0 Å². The zero-order valence-corrected chi connectivity index (χ0v) is 25.3. The summed E-state index contributed by atoms with van der Waals surface area (Å²) in [6.07, 6.45) is 3.87. The van der Waals surface area contributed by atoms with E-state index in [-0.39, 0.29) is 11.9 Å². The number of aryl methyl sites for hydroxylation is 1. The van der Waals surface area contributed by atoms with E-state index in [1.165, 1.54) is 18.2 Å². The van der Waals surface area contributed by atoms with Crippen LogP contribution >= 0.6 is 15.9 Å². The third-order valence-corrected chi connectivity index (χ3v) is 8.95. The highest BCUT2D eigenvalue weighted by molar-refractivity contribution is 9.10. The van der Waals surface area contributed by atoms with E-state index >= 15 is 0 Å². The van der Waals surface area contributed by atoms with Gasteiger partial charge < -0.3 is 19.1 Å². The summed E-state index contributed by atoms with van der Waals surface area (Å²) < 4.78 is 11.1. The molecule has 0 unspecified atom stereocenters. The Balaban J connectivity index is 1.12. The van der Waals surface area contributed by atoms with Crippen LogP contribution in [0, 0.1) is 0 Å². The number of benzene rings is 2. The molecule has 2 aromatic carbocycles. The van der Waals surface area contributed by atoms with Gasteiger partial charge in [0.1, 0.15) is 0 Å². The number of hydrogen-bond acceptors (Lipinski definition) is 5. The quantitative estimate of drug-likeness (QED) is 0.244. The van der Waals surface area contributed by atoms with E-state index in [1.807, 2.05) is 35.2 Å². The number of para-hydroxylation sites is 1. The molecule has 4 heterocycles. The first kappa shape index (κ1) is 27.7. The topological polar surface area (TPSA) is 72.6 Å². The minimum atomic E-state index is -0.287. The molecule has 0 bridgehead atoms.